The number of hydrogen-bond acceptors (Lipinski definition) is 7. The van der Waals surface area contributed by atoms with Gasteiger partial charge in [0.15, 0.2) is 0 Å². The fourth-order valence-corrected chi connectivity index (χ4v) is 7.02. The number of allylic oxidation sites excluding steroid dienone is 2. The zero-order chi connectivity index (χ0) is 28.2. The van der Waals surface area contributed by atoms with Crippen molar-refractivity contribution in [3.8, 4) is 0 Å². The number of hydrogen-bond donors (Lipinski definition) is 7. The number of carbonyl (C=O) groups is 1. The second-order valence-electron chi connectivity index (χ2n) is 12.7. The molecule has 0 saturated heterocycles. The lowest BCUT2D eigenvalue weighted by Crippen LogP contribution is -2.55. The molecule has 0 spiro atoms. The second kappa shape index (κ2) is 16.7. The average Bonchev–Trinajstić information content (AvgIpc) is 2.91. The van der Waals surface area contributed by atoms with Gasteiger partial charge >= 0.3 is 5.97 Å². The van der Waals surface area contributed by atoms with Crippen LogP contribution >= 0.6 is 0 Å². The summed E-state index contributed by atoms with van der Waals surface area (Å²) in [7, 11) is 0. The van der Waals surface area contributed by atoms with Crippen LogP contribution in [0.2, 0.25) is 0 Å². The van der Waals surface area contributed by atoms with E-state index in [-0.39, 0.29) is 17.7 Å². The first-order valence-corrected chi connectivity index (χ1v) is 15.6. The number of carboxylic acid groups (broad SMARTS) is 1. The van der Waals surface area contributed by atoms with E-state index in [1.165, 1.54) is 38.5 Å². The molecule has 0 heterocycles. The highest BCUT2D eigenvalue weighted by Gasteiger charge is 2.34. The maximum atomic E-state index is 11.7. The van der Waals surface area contributed by atoms with Gasteiger partial charge in [0.2, 0.25) is 0 Å². The van der Waals surface area contributed by atoms with Crippen LogP contribution in [0.3, 0.4) is 0 Å². The van der Waals surface area contributed by atoms with E-state index in [0.29, 0.717) is 30.6 Å². The molecule has 8 heteroatoms. The maximum absolute atomic E-state index is 11.7. The lowest BCUT2D eigenvalue weighted by molar-refractivity contribution is -0.131. The highest BCUT2D eigenvalue weighted by atomic mass is 16.4. The zero-order valence-electron chi connectivity index (χ0n) is 24.2. The first kappa shape index (κ1) is 32.1. The molecule has 2 fully saturated rings. The van der Waals surface area contributed by atoms with E-state index in [2.05, 4.69) is 28.1 Å². The van der Waals surface area contributed by atoms with Gasteiger partial charge in [-0.05, 0) is 81.5 Å². The predicted octanol–water partition coefficient (Wildman–Crippen LogP) is 4.37. The lowest BCUT2D eigenvalue weighted by atomic mass is 9.73. The summed E-state index contributed by atoms with van der Waals surface area (Å²) in [6.07, 6.45) is 18.1. The molecule has 0 aliphatic heterocycles. The van der Waals surface area contributed by atoms with Crippen molar-refractivity contribution >= 4 is 5.97 Å². The van der Waals surface area contributed by atoms with Crippen LogP contribution in [0.1, 0.15) is 110 Å². The van der Waals surface area contributed by atoms with Gasteiger partial charge in [-0.15, -0.1) is 0 Å². The van der Waals surface area contributed by atoms with Gasteiger partial charge < -0.3 is 25.7 Å². The molecule has 5 atom stereocenters. The Labute approximate surface area is 235 Å². The Balaban J connectivity index is 1.68. The summed E-state index contributed by atoms with van der Waals surface area (Å²) in [6, 6.07) is -0.399. The van der Waals surface area contributed by atoms with Crippen LogP contribution in [0.5, 0.6) is 0 Å². The monoisotopic (exact) mass is 549 g/mol. The van der Waals surface area contributed by atoms with Crippen LogP contribution in [0, 0.1) is 23.7 Å². The summed E-state index contributed by atoms with van der Waals surface area (Å²) in [6.45, 7) is 4.09. The van der Waals surface area contributed by atoms with E-state index in [1.807, 2.05) is 13.8 Å². The minimum Gasteiger partial charge on any atom is -0.478 e. The standard InChI is InChI=1S/C31H55N3O5/c1-21(2)18-25(32-27(35)19-22-12-6-3-7-13-22)30(38)33-26(20-28(36)37)31(39)34-29(23-14-8-4-9-15-23)24-16-10-5-11-17-24/h3,6,20-25,27,29-35,38-39H,4-5,7-19H2,1-2H3,(H,36,37)/b26-20+. The Bertz CT molecular complexity index is 758. The van der Waals surface area contributed by atoms with Crippen molar-refractivity contribution in [2.75, 3.05) is 0 Å². The number of rotatable bonds is 15. The van der Waals surface area contributed by atoms with Gasteiger partial charge in [-0.1, -0.05) is 64.5 Å². The Kier molecular flexibility index (Phi) is 13.8. The number of aliphatic carboxylic acids is 1. The lowest BCUT2D eigenvalue weighted by Gasteiger charge is -2.40. The first-order chi connectivity index (χ1) is 18.7. The molecule has 0 aromatic rings. The third kappa shape index (κ3) is 11.2. The highest BCUT2D eigenvalue weighted by Crippen LogP contribution is 2.36. The SMILES string of the molecule is CC(C)CC(NC(O)CC1CC=CCC1)C(O)N/C(=C/C(=O)O)C(O)NC(C1CCCCC1)C1CCCCC1. The van der Waals surface area contributed by atoms with Crippen molar-refractivity contribution in [2.24, 2.45) is 23.7 Å². The molecule has 0 aromatic heterocycles. The van der Waals surface area contributed by atoms with E-state index in [9.17, 15) is 25.2 Å². The molecular weight excluding hydrogens is 494 g/mol. The van der Waals surface area contributed by atoms with Gasteiger partial charge in [0.05, 0.1) is 11.7 Å². The summed E-state index contributed by atoms with van der Waals surface area (Å²) in [5.74, 6) is 0.379. The van der Waals surface area contributed by atoms with Gasteiger partial charge in [0.1, 0.15) is 18.7 Å². The number of aliphatic hydroxyl groups excluding tert-OH is 3. The topological polar surface area (TPSA) is 134 Å². The summed E-state index contributed by atoms with van der Waals surface area (Å²) in [5.41, 5.74) is 0.0501. The Morgan fingerprint density at radius 1 is 0.897 bits per heavy atom. The van der Waals surface area contributed by atoms with Crippen LogP contribution in [0.4, 0.5) is 0 Å². The van der Waals surface area contributed by atoms with E-state index in [1.54, 1.807) is 0 Å². The van der Waals surface area contributed by atoms with Crippen molar-refractivity contribution in [1.82, 2.24) is 16.0 Å². The number of nitrogens with one attached hydrogen (secondary N) is 3. The fourth-order valence-electron chi connectivity index (χ4n) is 7.02. The molecule has 3 aliphatic rings. The average molecular weight is 550 g/mol. The summed E-state index contributed by atoms with van der Waals surface area (Å²) in [4.78, 5) is 11.7. The van der Waals surface area contributed by atoms with Gasteiger partial charge in [-0.2, -0.15) is 0 Å². The summed E-state index contributed by atoms with van der Waals surface area (Å²) < 4.78 is 0. The van der Waals surface area contributed by atoms with Gasteiger partial charge in [-0.25, -0.2) is 4.79 Å². The van der Waals surface area contributed by atoms with Crippen molar-refractivity contribution < 1.29 is 25.2 Å². The van der Waals surface area contributed by atoms with E-state index < -0.39 is 30.7 Å². The molecular formula is C31H55N3O5. The Morgan fingerprint density at radius 3 is 2.03 bits per heavy atom. The van der Waals surface area contributed by atoms with Gasteiger partial charge in [-0.3, -0.25) is 10.6 Å². The third-order valence-electron chi connectivity index (χ3n) is 9.00. The molecule has 0 radical (unpaired) electrons. The fraction of sp³-hybridized carbons (Fsp3) is 0.839. The van der Waals surface area contributed by atoms with Crippen LogP contribution in [0.25, 0.3) is 0 Å². The zero-order valence-corrected chi connectivity index (χ0v) is 24.2. The van der Waals surface area contributed by atoms with Crippen LogP contribution in [-0.4, -0.2) is 57.2 Å². The van der Waals surface area contributed by atoms with Crippen LogP contribution in [0.15, 0.2) is 23.9 Å². The molecule has 0 aromatic carbocycles. The van der Waals surface area contributed by atoms with Crippen molar-refractivity contribution in [2.45, 2.75) is 141 Å². The Hall–Kier alpha value is -1.45. The van der Waals surface area contributed by atoms with Crippen LogP contribution < -0.4 is 16.0 Å². The normalized spacial score (nSPS) is 25.0. The molecule has 0 amide bonds. The summed E-state index contributed by atoms with van der Waals surface area (Å²) >= 11 is 0. The molecule has 2 saturated carbocycles. The molecule has 39 heavy (non-hydrogen) atoms. The molecule has 7 N–H and O–H groups in total. The van der Waals surface area contributed by atoms with E-state index >= 15 is 0 Å². The smallest absolute Gasteiger partial charge is 0.330 e. The summed E-state index contributed by atoms with van der Waals surface area (Å²) in [5, 5.41) is 52.4. The second-order valence-corrected chi connectivity index (χ2v) is 12.7. The molecule has 5 unspecified atom stereocenters. The number of carboxylic acids is 1. The van der Waals surface area contributed by atoms with Gasteiger partial charge in [0, 0.05) is 12.1 Å². The van der Waals surface area contributed by atoms with Crippen molar-refractivity contribution in [3.63, 3.8) is 0 Å². The highest BCUT2D eigenvalue weighted by molar-refractivity contribution is 5.80. The third-order valence-corrected chi connectivity index (χ3v) is 9.00. The molecule has 224 valence electrons. The molecule has 0 bridgehead atoms. The van der Waals surface area contributed by atoms with E-state index in [4.69, 9.17) is 0 Å². The first-order valence-electron chi connectivity index (χ1n) is 15.6. The van der Waals surface area contributed by atoms with Crippen molar-refractivity contribution in [1.29, 1.82) is 0 Å². The molecule has 8 nitrogen and oxygen atoms in total. The van der Waals surface area contributed by atoms with Crippen LogP contribution in [-0.2, 0) is 4.79 Å². The minimum absolute atomic E-state index is 0.0501. The molecule has 3 aliphatic carbocycles. The Morgan fingerprint density at radius 2 is 1.51 bits per heavy atom. The number of aliphatic hydroxyl groups is 3. The van der Waals surface area contributed by atoms with E-state index in [0.717, 1.165) is 51.0 Å². The van der Waals surface area contributed by atoms with Gasteiger partial charge in [0.25, 0.3) is 0 Å². The maximum Gasteiger partial charge on any atom is 0.330 e. The molecule has 3 rings (SSSR count). The quantitative estimate of drug-likeness (QED) is 0.0910. The van der Waals surface area contributed by atoms with Crippen molar-refractivity contribution in [3.05, 3.63) is 23.9 Å². The minimum atomic E-state index is -1.23. The largest absolute Gasteiger partial charge is 0.478 e. The predicted molar refractivity (Wildman–Crippen MR) is 154 cm³/mol.